The molecule has 1 aliphatic rings. The van der Waals surface area contributed by atoms with Crippen molar-refractivity contribution in [3.8, 4) is 11.3 Å². The van der Waals surface area contributed by atoms with Gasteiger partial charge in [0.15, 0.2) is 0 Å². The Morgan fingerprint density at radius 1 is 1.19 bits per heavy atom. The monoisotopic (exact) mass is 389 g/mol. The highest BCUT2D eigenvalue weighted by Crippen LogP contribution is 2.21. The molecule has 0 saturated carbocycles. The highest BCUT2D eigenvalue weighted by molar-refractivity contribution is 6.30. The number of halogens is 1. The molecule has 2 amide bonds. The molecule has 2 heterocycles. The van der Waals surface area contributed by atoms with E-state index in [9.17, 15) is 9.59 Å². The van der Waals surface area contributed by atoms with E-state index in [1.54, 1.807) is 23.1 Å². The molecule has 144 valence electrons. The second kappa shape index (κ2) is 9.01. The lowest BCUT2D eigenvalue weighted by Gasteiger charge is -2.34. The molecule has 1 saturated heterocycles. The van der Waals surface area contributed by atoms with Gasteiger partial charge in [0.2, 0.25) is 5.91 Å². The summed E-state index contributed by atoms with van der Waals surface area (Å²) in [7, 11) is 0. The highest BCUT2D eigenvalue weighted by atomic mass is 35.5. The molecule has 0 aliphatic carbocycles. The Hall–Kier alpha value is -2.38. The van der Waals surface area contributed by atoms with Crippen LogP contribution in [0.25, 0.3) is 11.3 Å². The zero-order valence-electron chi connectivity index (χ0n) is 15.4. The first-order valence-electron chi connectivity index (χ1n) is 9.16. The predicted octanol–water partition coefficient (Wildman–Crippen LogP) is 2.01. The van der Waals surface area contributed by atoms with Crippen molar-refractivity contribution in [1.29, 1.82) is 0 Å². The summed E-state index contributed by atoms with van der Waals surface area (Å²) in [5, 5.41) is 10.6. The summed E-state index contributed by atoms with van der Waals surface area (Å²) < 4.78 is 0. The van der Waals surface area contributed by atoms with Crippen LogP contribution in [0.5, 0.6) is 0 Å². The quantitative estimate of drug-likeness (QED) is 0.791. The fourth-order valence-electron chi connectivity index (χ4n) is 3.00. The Bertz CT molecular complexity index is 782. The van der Waals surface area contributed by atoms with Gasteiger partial charge in [-0.05, 0) is 24.6 Å². The van der Waals surface area contributed by atoms with Crippen LogP contribution in [0.1, 0.15) is 23.8 Å². The van der Waals surface area contributed by atoms with Crippen molar-refractivity contribution >= 4 is 23.4 Å². The number of H-pyrrole nitrogens is 1. The predicted molar refractivity (Wildman–Crippen MR) is 105 cm³/mol. The van der Waals surface area contributed by atoms with Crippen molar-refractivity contribution in [2.45, 2.75) is 13.3 Å². The molecule has 1 fully saturated rings. The van der Waals surface area contributed by atoms with Gasteiger partial charge in [-0.2, -0.15) is 5.10 Å². The second-order valence-electron chi connectivity index (χ2n) is 6.59. The standard InChI is InChI=1S/C19H24ClN5O2/c1-2-7-21-18(26)13-24-8-10-25(11-9-24)19(27)17-12-16(22-23-17)14-3-5-15(20)6-4-14/h3-6,12H,2,7-11,13H2,1H3,(H,21,26)(H,22,23). The molecule has 0 bridgehead atoms. The van der Waals surface area contributed by atoms with E-state index in [-0.39, 0.29) is 11.8 Å². The molecule has 0 unspecified atom stereocenters. The van der Waals surface area contributed by atoms with E-state index in [4.69, 9.17) is 11.6 Å². The molecule has 7 nitrogen and oxygen atoms in total. The molecular weight excluding hydrogens is 366 g/mol. The molecule has 1 aromatic heterocycles. The maximum Gasteiger partial charge on any atom is 0.271 e. The number of aromatic amines is 1. The second-order valence-corrected chi connectivity index (χ2v) is 7.03. The van der Waals surface area contributed by atoms with Gasteiger partial charge < -0.3 is 10.2 Å². The van der Waals surface area contributed by atoms with Crippen molar-refractivity contribution in [2.24, 2.45) is 0 Å². The van der Waals surface area contributed by atoms with Crippen LogP contribution in [-0.4, -0.2) is 71.1 Å². The minimum Gasteiger partial charge on any atom is -0.355 e. The number of amides is 2. The molecule has 27 heavy (non-hydrogen) atoms. The van der Waals surface area contributed by atoms with E-state index in [0.717, 1.165) is 12.0 Å². The van der Waals surface area contributed by atoms with Crippen LogP contribution in [0.4, 0.5) is 0 Å². The van der Waals surface area contributed by atoms with E-state index in [0.29, 0.717) is 55.7 Å². The third-order valence-corrected chi connectivity index (χ3v) is 4.80. The number of carbonyl (C=O) groups excluding carboxylic acids is 2. The Labute approximate surface area is 163 Å². The first kappa shape index (κ1) is 19.4. The first-order chi connectivity index (χ1) is 13.1. The first-order valence-corrected chi connectivity index (χ1v) is 9.54. The number of nitrogens with zero attached hydrogens (tertiary/aromatic N) is 3. The Morgan fingerprint density at radius 3 is 2.56 bits per heavy atom. The SMILES string of the molecule is CCCNC(=O)CN1CCN(C(=O)c2cc(-c3ccc(Cl)cc3)n[nH]2)CC1. The van der Waals surface area contributed by atoms with Crippen LogP contribution in [-0.2, 0) is 4.79 Å². The van der Waals surface area contributed by atoms with Crippen molar-refractivity contribution in [3.63, 3.8) is 0 Å². The largest absolute Gasteiger partial charge is 0.355 e. The zero-order chi connectivity index (χ0) is 19.2. The van der Waals surface area contributed by atoms with Crippen molar-refractivity contribution in [1.82, 2.24) is 25.3 Å². The number of aromatic nitrogens is 2. The highest BCUT2D eigenvalue weighted by Gasteiger charge is 2.24. The molecule has 3 rings (SSSR count). The Kier molecular flexibility index (Phi) is 6.47. The number of benzene rings is 1. The van der Waals surface area contributed by atoms with Gasteiger partial charge in [0, 0.05) is 43.3 Å². The van der Waals surface area contributed by atoms with Crippen LogP contribution < -0.4 is 5.32 Å². The van der Waals surface area contributed by atoms with Gasteiger partial charge >= 0.3 is 0 Å². The summed E-state index contributed by atoms with van der Waals surface area (Å²) in [6, 6.07) is 9.09. The number of piperazine rings is 1. The fourth-order valence-corrected chi connectivity index (χ4v) is 3.13. The van der Waals surface area contributed by atoms with E-state index in [1.807, 2.05) is 19.1 Å². The molecule has 2 N–H and O–H groups in total. The van der Waals surface area contributed by atoms with Gasteiger partial charge in [-0.15, -0.1) is 0 Å². The van der Waals surface area contributed by atoms with Crippen molar-refractivity contribution in [2.75, 3.05) is 39.3 Å². The smallest absolute Gasteiger partial charge is 0.271 e. The van der Waals surface area contributed by atoms with Crippen LogP contribution in [0.3, 0.4) is 0 Å². The van der Waals surface area contributed by atoms with Crippen LogP contribution in [0, 0.1) is 0 Å². The Balaban J connectivity index is 1.54. The molecule has 1 aliphatic heterocycles. The molecule has 1 aromatic carbocycles. The third-order valence-electron chi connectivity index (χ3n) is 4.55. The van der Waals surface area contributed by atoms with Crippen LogP contribution in [0.2, 0.25) is 5.02 Å². The summed E-state index contributed by atoms with van der Waals surface area (Å²) in [6.07, 6.45) is 0.927. The molecule has 2 aromatic rings. The summed E-state index contributed by atoms with van der Waals surface area (Å²) >= 11 is 5.91. The minimum absolute atomic E-state index is 0.0396. The van der Waals surface area contributed by atoms with Gasteiger partial charge in [-0.3, -0.25) is 19.6 Å². The van der Waals surface area contributed by atoms with E-state index in [2.05, 4.69) is 20.4 Å². The maximum atomic E-state index is 12.7. The lowest BCUT2D eigenvalue weighted by atomic mass is 10.1. The van der Waals surface area contributed by atoms with Crippen LogP contribution in [0.15, 0.2) is 30.3 Å². The number of carbonyl (C=O) groups is 2. The van der Waals surface area contributed by atoms with Gasteiger partial charge in [0.1, 0.15) is 5.69 Å². The van der Waals surface area contributed by atoms with Gasteiger partial charge in [-0.25, -0.2) is 0 Å². The summed E-state index contributed by atoms with van der Waals surface area (Å²) in [4.78, 5) is 28.4. The van der Waals surface area contributed by atoms with Crippen LogP contribution >= 0.6 is 11.6 Å². The molecular formula is C19H24ClN5O2. The van der Waals surface area contributed by atoms with Crippen molar-refractivity contribution < 1.29 is 9.59 Å². The maximum absolute atomic E-state index is 12.7. The normalized spacial score (nSPS) is 15.0. The Morgan fingerprint density at radius 2 is 1.89 bits per heavy atom. The lowest BCUT2D eigenvalue weighted by Crippen LogP contribution is -2.51. The molecule has 8 heteroatoms. The minimum atomic E-state index is -0.0715. The molecule has 0 atom stereocenters. The van der Waals surface area contributed by atoms with E-state index < -0.39 is 0 Å². The van der Waals surface area contributed by atoms with Gasteiger partial charge in [-0.1, -0.05) is 30.7 Å². The third kappa shape index (κ3) is 5.08. The topological polar surface area (TPSA) is 81.3 Å². The number of hydrogen-bond donors (Lipinski definition) is 2. The molecule has 0 radical (unpaired) electrons. The number of hydrogen-bond acceptors (Lipinski definition) is 4. The number of rotatable bonds is 6. The van der Waals surface area contributed by atoms with E-state index >= 15 is 0 Å². The van der Waals surface area contributed by atoms with Crippen molar-refractivity contribution in [3.05, 3.63) is 41.0 Å². The fraction of sp³-hybridized carbons (Fsp3) is 0.421. The molecule has 0 spiro atoms. The number of nitrogens with one attached hydrogen (secondary N) is 2. The average Bonchev–Trinajstić information content (AvgIpc) is 3.17. The lowest BCUT2D eigenvalue weighted by molar-refractivity contribution is -0.122. The van der Waals surface area contributed by atoms with Gasteiger partial charge in [0.25, 0.3) is 5.91 Å². The zero-order valence-corrected chi connectivity index (χ0v) is 16.1. The average molecular weight is 390 g/mol. The summed E-state index contributed by atoms with van der Waals surface area (Å²) in [6.45, 7) is 5.66. The summed E-state index contributed by atoms with van der Waals surface area (Å²) in [5.41, 5.74) is 2.08. The van der Waals surface area contributed by atoms with E-state index in [1.165, 1.54) is 0 Å². The van der Waals surface area contributed by atoms with Gasteiger partial charge in [0.05, 0.1) is 12.2 Å². The summed E-state index contributed by atoms with van der Waals surface area (Å²) in [5.74, 6) is -0.0319.